The SMILES string of the molecule is CC[C@@H](C)NC(=O)[C@H](C)N(Cc1ccc(C)cc1)C(=O)CCCN(c1cc(C)ccc1C)S(C)(=O)=O. The normalized spacial score (nSPS) is 13.1. The van der Waals surface area contributed by atoms with Gasteiger partial charge in [-0.15, -0.1) is 0 Å². The molecule has 0 aliphatic heterocycles. The quantitative estimate of drug-likeness (QED) is 0.451. The Balaban J connectivity index is 2.20. The Morgan fingerprint density at radius 1 is 0.972 bits per heavy atom. The van der Waals surface area contributed by atoms with Crippen molar-refractivity contribution in [3.8, 4) is 0 Å². The van der Waals surface area contributed by atoms with Gasteiger partial charge < -0.3 is 10.2 Å². The van der Waals surface area contributed by atoms with Gasteiger partial charge >= 0.3 is 0 Å². The van der Waals surface area contributed by atoms with Crippen LogP contribution in [0.3, 0.4) is 0 Å². The topological polar surface area (TPSA) is 86.8 Å². The Labute approximate surface area is 216 Å². The van der Waals surface area contributed by atoms with Gasteiger partial charge in [-0.3, -0.25) is 13.9 Å². The second kappa shape index (κ2) is 12.9. The lowest BCUT2D eigenvalue weighted by molar-refractivity contribution is -0.140. The van der Waals surface area contributed by atoms with Gasteiger partial charge in [-0.2, -0.15) is 0 Å². The van der Waals surface area contributed by atoms with Crippen LogP contribution in [-0.4, -0.2) is 50.0 Å². The fraction of sp³-hybridized carbons (Fsp3) is 0.500. The lowest BCUT2D eigenvalue weighted by Crippen LogP contribution is -2.49. The Bertz CT molecular complexity index is 1150. The molecule has 36 heavy (non-hydrogen) atoms. The van der Waals surface area contributed by atoms with Gasteiger partial charge in [-0.1, -0.05) is 48.9 Å². The summed E-state index contributed by atoms with van der Waals surface area (Å²) in [5.74, 6) is -0.380. The van der Waals surface area contributed by atoms with Crippen LogP contribution in [0.25, 0.3) is 0 Å². The first kappa shape index (κ1) is 29.4. The average molecular weight is 516 g/mol. The molecule has 2 atom stereocenters. The maximum absolute atomic E-state index is 13.4. The number of benzene rings is 2. The fourth-order valence-corrected chi connectivity index (χ4v) is 4.92. The van der Waals surface area contributed by atoms with Crippen molar-refractivity contribution >= 4 is 27.5 Å². The highest BCUT2D eigenvalue weighted by Gasteiger charge is 2.27. The van der Waals surface area contributed by atoms with Gasteiger partial charge in [0, 0.05) is 25.6 Å². The molecule has 0 fully saturated rings. The molecule has 2 aromatic carbocycles. The van der Waals surface area contributed by atoms with Crippen LogP contribution in [-0.2, 0) is 26.2 Å². The molecule has 0 aliphatic carbocycles. The molecule has 1 N–H and O–H groups in total. The first-order chi connectivity index (χ1) is 16.8. The van der Waals surface area contributed by atoms with Crippen LogP contribution in [0.15, 0.2) is 42.5 Å². The van der Waals surface area contributed by atoms with E-state index < -0.39 is 16.1 Å². The predicted octanol–water partition coefficient (Wildman–Crippen LogP) is 4.49. The zero-order chi connectivity index (χ0) is 27.0. The summed E-state index contributed by atoms with van der Waals surface area (Å²) in [6.45, 7) is 11.9. The molecule has 2 rings (SSSR count). The van der Waals surface area contributed by atoms with Gasteiger partial charge in [0.05, 0.1) is 11.9 Å². The second-order valence-corrected chi connectivity index (χ2v) is 11.6. The first-order valence-corrected chi connectivity index (χ1v) is 14.4. The van der Waals surface area contributed by atoms with E-state index in [4.69, 9.17) is 0 Å². The second-order valence-electron chi connectivity index (χ2n) is 9.73. The summed E-state index contributed by atoms with van der Waals surface area (Å²) in [7, 11) is -3.53. The number of anilines is 1. The number of carbonyl (C=O) groups is 2. The van der Waals surface area contributed by atoms with E-state index in [1.165, 1.54) is 10.6 Å². The van der Waals surface area contributed by atoms with Crippen LogP contribution in [0.5, 0.6) is 0 Å². The molecule has 0 saturated carbocycles. The van der Waals surface area contributed by atoms with Crippen molar-refractivity contribution in [1.82, 2.24) is 10.2 Å². The van der Waals surface area contributed by atoms with E-state index in [0.717, 1.165) is 28.7 Å². The fourth-order valence-electron chi connectivity index (χ4n) is 3.91. The predicted molar refractivity (Wildman–Crippen MR) is 146 cm³/mol. The molecule has 0 aliphatic rings. The highest BCUT2D eigenvalue weighted by molar-refractivity contribution is 7.92. The summed E-state index contributed by atoms with van der Waals surface area (Å²) < 4.78 is 26.5. The molecule has 0 radical (unpaired) electrons. The van der Waals surface area contributed by atoms with Crippen molar-refractivity contribution in [1.29, 1.82) is 0 Å². The number of carbonyl (C=O) groups excluding carboxylic acids is 2. The molecule has 0 heterocycles. The molecule has 198 valence electrons. The Morgan fingerprint density at radius 2 is 1.58 bits per heavy atom. The van der Waals surface area contributed by atoms with Crippen molar-refractivity contribution in [2.75, 3.05) is 17.1 Å². The summed E-state index contributed by atoms with van der Waals surface area (Å²) in [5.41, 5.74) is 4.50. The summed E-state index contributed by atoms with van der Waals surface area (Å²) >= 11 is 0. The standard InChI is InChI=1S/C28H41N3O4S/c1-8-23(5)29-28(33)24(6)30(19-25-15-12-20(2)13-16-25)27(32)10-9-17-31(36(7,34)35)26-18-21(3)11-14-22(26)4/h11-16,18,23-24H,8-10,17,19H2,1-7H3,(H,29,33)/t23-,24+/m1/s1. The van der Waals surface area contributed by atoms with E-state index >= 15 is 0 Å². The molecular formula is C28H41N3O4S. The van der Waals surface area contributed by atoms with Crippen LogP contribution >= 0.6 is 0 Å². The molecule has 0 saturated heterocycles. The summed E-state index contributed by atoms with van der Waals surface area (Å²) in [6.07, 6.45) is 2.44. The van der Waals surface area contributed by atoms with Crippen LogP contribution in [0.2, 0.25) is 0 Å². The van der Waals surface area contributed by atoms with E-state index in [2.05, 4.69) is 5.32 Å². The minimum atomic E-state index is -3.53. The zero-order valence-electron chi connectivity index (χ0n) is 22.7. The van der Waals surface area contributed by atoms with Gasteiger partial charge in [-0.25, -0.2) is 8.42 Å². The van der Waals surface area contributed by atoms with Gasteiger partial charge in [0.2, 0.25) is 21.8 Å². The summed E-state index contributed by atoms with van der Waals surface area (Å²) in [5, 5.41) is 2.97. The number of hydrogen-bond donors (Lipinski definition) is 1. The van der Waals surface area contributed by atoms with Crippen molar-refractivity contribution < 1.29 is 18.0 Å². The highest BCUT2D eigenvalue weighted by Crippen LogP contribution is 2.24. The molecule has 8 heteroatoms. The maximum atomic E-state index is 13.4. The van der Waals surface area contributed by atoms with E-state index in [-0.39, 0.29) is 30.8 Å². The number of nitrogens with one attached hydrogen (secondary N) is 1. The number of hydrogen-bond acceptors (Lipinski definition) is 4. The number of nitrogens with zero attached hydrogens (tertiary/aromatic N) is 2. The number of amides is 2. The minimum absolute atomic E-state index is 0.0113. The molecule has 0 spiro atoms. The smallest absolute Gasteiger partial charge is 0.242 e. The van der Waals surface area contributed by atoms with E-state index in [1.54, 1.807) is 11.8 Å². The summed E-state index contributed by atoms with van der Waals surface area (Å²) in [4.78, 5) is 27.8. The van der Waals surface area contributed by atoms with Crippen molar-refractivity contribution in [2.45, 2.75) is 79.4 Å². The maximum Gasteiger partial charge on any atom is 0.242 e. The molecule has 0 bridgehead atoms. The number of sulfonamides is 1. The largest absolute Gasteiger partial charge is 0.352 e. The minimum Gasteiger partial charge on any atom is -0.352 e. The van der Waals surface area contributed by atoms with E-state index in [9.17, 15) is 18.0 Å². The lowest BCUT2D eigenvalue weighted by atomic mass is 10.1. The number of rotatable bonds is 12. The van der Waals surface area contributed by atoms with Crippen LogP contribution < -0.4 is 9.62 Å². The van der Waals surface area contributed by atoms with Crippen LogP contribution in [0, 0.1) is 20.8 Å². The Morgan fingerprint density at radius 3 is 2.17 bits per heavy atom. The van der Waals surface area contributed by atoms with Crippen LogP contribution in [0.1, 0.15) is 62.3 Å². The first-order valence-electron chi connectivity index (χ1n) is 12.5. The molecule has 0 aromatic heterocycles. The van der Waals surface area contributed by atoms with Crippen LogP contribution in [0.4, 0.5) is 5.69 Å². The number of aryl methyl sites for hydroxylation is 3. The Kier molecular flexibility index (Phi) is 10.5. The Hall–Kier alpha value is -2.87. The van der Waals surface area contributed by atoms with E-state index in [0.29, 0.717) is 18.7 Å². The third-order valence-electron chi connectivity index (χ3n) is 6.43. The van der Waals surface area contributed by atoms with Gasteiger partial charge in [0.15, 0.2) is 0 Å². The third-order valence-corrected chi connectivity index (χ3v) is 7.61. The molecule has 2 aromatic rings. The monoisotopic (exact) mass is 515 g/mol. The lowest BCUT2D eigenvalue weighted by Gasteiger charge is -2.30. The molecular weight excluding hydrogens is 474 g/mol. The van der Waals surface area contributed by atoms with E-state index in [1.807, 2.05) is 77.1 Å². The van der Waals surface area contributed by atoms with Gasteiger partial charge in [0.25, 0.3) is 0 Å². The highest BCUT2D eigenvalue weighted by atomic mass is 32.2. The van der Waals surface area contributed by atoms with Gasteiger partial charge in [0.1, 0.15) is 6.04 Å². The average Bonchev–Trinajstić information content (AvgIpc) is 2.81. The van der Waals surface area contributed by atoms with Crippen molar-refractivity contribution in [2.24, 2.45) is 0 Å². The van der Waals surface area contributed by atoms with Gasteiger partial charge in [-0.05, 0) is 70.2 Å². The molecule has 2 amide bonds. The van der Waals surface area contributed by atoms with Crippen molar-refractivity contribution in [3.63, 3.8) is 0 Å². The zero-order valence-corrected chi connectivity index (χ0v) is 23.5. The molecule has 7 nitrogen and oxygen atoms in total. The van der Waals surface area contributed by atoms with Crippen molar-refractivity contribution in [3.05, 3.63) is 64.7 Å². The summed E-state index contributed by atoms with van der Waals surface area (Å²) in [6, 6.07) is 12.9. The molecule has 0 unspecified atom stereocenters. The third kappa shape index (κ3) is 8.36.